The first-order chi connectivity index (χ1) is 10.5. The summed E-state index contributed by atoms with van der Waals surface area (Å²) in [4.78, 5) is 4.49. The highest BCUT2D eigenvalue weighted by atomic mass is 35.5. The van der Waals surface area contributed by atoms with Crippen molar-refractivity contribution in [3.05, 3.63) is 52.4 Å². The van der Waals surface area contributed by atoms with Crippen LogP contribution in [0.5, 0.6) is 11.5 Å². The molecule has 0 bridgehead atoms. The van der Waals surface area contributed by atoms with Crippen LogP contribution in [0.3, 0.4) is 0 Å². The van der Waals surface area contributed by atoms with Crippen LogP contribution in [0.2, 0.25) is 5.02 Å². The first-order valence-electron chi connectivity index (χ1n) is 6.54. The van der Waals surface area contributed by atoms with Gasteiger partial charge in [-0.2, -0.15) is 0 Å². The van der Waals surface area contributed by atoms with Gasteiger partial charge >= 0.3 is 0 Å². The lowest BCUT2D eigenvalue weighted by atomic mass is 10.1. The summed E-state index contributed by atoms with van der Waals surface area (Å²) in [5.41, 5.74) is 3.44. The van der Waals surface area contributed by atoms with Gasteiger partial charge in [0.15, 0.2) is 16.6 Å². The molecule has 3 N–H and O–H groups in total. The highest BCUT2D eigenvalue weighted by Crippen LogP contribution is 2.33. The third kappa shape index (κ3) is 3.00. The molecule has 0 aliphatic carbocycles. The zero-order valence-electron chi connectivity index (χ0n) is 11.7. The SMILES string of the molecule is Cc1ccc(Cl)cc1Nc1nc(-c2ccc(O)c(O)c2)cs1. The molecule has 2 aromatic carbocycles. The highest BCUT2D eigenvalue weighted by molar-refractivity contribution is 7.14. The molecule has 0 aliphatic rings. The summed E-state index contributed by atoms with van der Waals surface area (Å²) in [6, 6.07) is 10.3. The number of aryl methyl sites for hydroxylation is 1. The van der Waals surface area contributed by atoms with Crippen LogP contribution in [0.1, 0.15) is 5.56 Å². The predicted molar refractivity (Wildman–Crippen MR) is 90.4 cm³/mol. The van der Waals surface area contributed by atoms with E-state index < -0.39 is 0 Å². The van der Waals surface area contributed by atoms with Gasteiger partial charge in [0.2, 0.25) is 0 Å². The number of nitrogens with zero attached hydrogens (tertiary/aromatic N) is 1. The summed E-state index contributed by atoms with van der Waals surface area (Å²) in [7, 11) is 0. The summed E-state index contributed by atoms with van der Waals surface area (Å²) in [5.74, 6) is -0.308. The van der Waals surface area contributed by atoms with Crippen LogP contribution in [0, 0.1) is 6.92 Å². The molecule has 0 unspecified atom stereocenters. The third-order valence-corrected chi connectivity index (χ3v) is 4.21. The molecule has 0 atom stereocenters. The maximum absolute atomic E-state index is 9.57. The zero-order valence-corrected chi connectivity index (χ0v) is 13.2. The van der Waals surface area contributed by atoms with Crippen LogP contribution in [-0.2, 0) is 0 Å². The summed E-state index contributed by atoms with van der Waals surface area (Å²) >= 11 is 7.46. The lowest BCUT2D eigenvalue weighted by molar-refractivity contribution is 0.404. The van der Waals surface area contributed by atoms with Crippen molar-refractivity contribution in [3.63, 3.8) is 0 Å². The van der Waals surface area contributed by atoms with Gasteiger partial charge in [0.1, 0.15) is 0 Å². The smallest absolute Gasteiger partial charge is 0.187 e. The van der Waals surface area contributed by atoms with Crippen molar-refractivity contribution in [2.45, 2.75) is 6.92 Å². The average molecular weight is 333 g/mol. The van der Waals surface area contributed by atoms with Gasteiger partial charge in [-0.05, 0) is 42.8 Å². The molecule has 1 heterocycles. The number of rotatable bonds is 3. The topological polar surface area (TPSA) is 65.4 Å². The Kier molecular flexibility index (Phi) is 3.92. The van der Waals surface area contributed by atoms with E-state index in [1.165, 1.54) is 23.5 Å². The van der Waals surface area contributed by atoms with Gasteiger partial charge < -0.3 is 15.5 Å². The fourth-order valence-corrected chi connectivity index (χ4v) is 2.89. The lowest BCUT2D eigenvalue weighted by Crippen LogP contribution is -1.92. The molecule has 6 heteroatoms. The number of benzene rings is 2. The molecule has 1 aromatic heterocycles. The minimum Gasteiger partial charge on any atom is -0.504 e. The Bertz CT molecular complexity index is 833. The Morgan fingerprint density at radius 2 is 1.91 bits per heavy atom. The van der Waals surface area contributed by atoms with Gasteiger partial charge in [-0.15, -0.1) is 11.3 Å². The largest absolute Gasteiger partial charge is 0.504 e. The Morgan fingerprint density at radius 1 is 1.09 bits per heavy atom. The van der Waals surface area contributed by atoms with E-state index in [1.807, 2.05) is 30.5 Å². The maximum Gasteiger partial charge on any atom is 0.187 e. The van der Waals surface area contributed by atoms with Crippen LogP contribution in [0.25, 0.3) is 11.3 Å². The molecule has 0 fully saturated rings. The average Bonchev–Trinajstić information content (AvgIpc) is 2.94. The first kappa shape index (κ1) is 14.7. The summed E-state index contributed by atoms with van der Waals surface area (Å²) in [5, 5.41) is 25.4. The second-order valence-corrected chi connectivity index (χ2v) is 6.12. The molecule has 22 heavy (non-hydrogen) atoms. The number of anilines is 2. The van der Waals surface area contributed by atoms with Crippen molar-refractivity contribution in [2.75, 3.05) is 5.32 Å². The van der Waals surface area contributed by atoms with E-state index in [9.17, 15) is 10.2 Å². The van der Waals surface area contributed by atoms with Crippen LogP contribution in [-0.4, -0.2) is 15.2 Å². The fraction of sp³-hybridized carbons (Fsp3) is 0.0625. The highest BCUT2D eigenvalue weighted by Gasteiger charge is 2.08. The molecular formula is C16H13ClN2O2S. The van der Waals surface area contributed by atoms with E-state index in [4.69, 9.17) is 11.6 Å². The molecular weight excluding hydrogens is 320 g/mol. The van der Waals surface area contributed by atoms with Crippen molar-refractivity contribution in [1.82, 2.24) is 4.98 Å². The number of thiazole rings is 1. The molecule has 4 nitrogen and oxygen atoms in total. The summed E-state index contributed by atoms with van der Waals surface area (Å²) < 4.78 is 0. The number of aromatic hydroxyl groups is 2. The monoisotopic (exact) mass is 332 g/mol. The number of phenols is 2. The van der Waals surface area contributed by atoms with Crippen LogP contribution >= 0.6 is 22.9 Å². The Hall–Kier alpha value is -2.24. The van der Waals surface area contributed by atoms with Crippen molar-refractivity contribution in [3.8, 4) is 22.8 Å². The Morgan fingerprint density at radius 3 is 2.68 bits per heavy atom. The molecule has 0 saturated heterocycles. The lowest BCUT2D eigenvalue weighted by Gasteiger charge is -2.06. The number of hydrogen-bond donors (Lipinski definition) is 3. The van der Waals surface area contributed by atoms with Gasteiger partial charge in [0.05, 0.1) is 5.69 Å². The predicted octanol–water partition coefficient (Wildman–Crippen LogP) is 4.93. The molecule has 0 aliphatic heterocycles. The number of halogens is 1. The van der Waals surface area contributed by atoms with E-state index in [2.05, 4.69) is 10.3 Å². The molecule has 0 amide bonds. The van der Waals surface area contributed by atoms with Gasteiger partial charge in [0, 0.05) is 21.7 Å². The quantitative estimate of drug-likeness (QED) is 0.595. The third-order valence-electron chi connectivity index (χ3n) is 3.22. The fourth-order valence-electron chi connectivity index (χ4n) is 1.99. The normalized spacial score (nSPS) is 10.6. The van der Waals surface area contributed by atoms with Crippen molar-refractivity contribution >= 4 is 33.8 Å². The first-order valence-corrected chi connectivity index (χ1v) is 7.80. The van der Waals surface area contributed by atoms with Gasteiger partial charge in [-0.1, -0.05) is 17.7 Å². The zero-order chi connectivity index (χ0) is 15.7. The van der Waals surface area contributed by atoms with E-state index in [-0.39, 0.29) is 11.5 Å². The van der Waals surface area contributed by atoms with E-state index >= 15 is 0 Å². The van der Waals surface area contributed by atoms with Gasteiger partial charge in [0.25, 0.3) is 0 Å². The van der Waals surface area contributed by atoms with Crippen molar-refractivity contribution in [1.29, 1.82) is 0 Å². The number of aromatic nitrogens is 1. The number of phenolic OH excluding ortho intramolecular Hbond substituents is 2. The number of hydrogen-bond acceptors (Lipinski definition) is 5. The Labute approximate surface area is 136 Å². The molecule has 112 valence electrons. The summed E-state index contributed by atoms with van der Waals surface area (Å²) in [6.07, 6.45) is 0. The molecule has 0 radical (unpaired) electrons. The van der Waals surface area contributed by atoms with E-state index in [1.54, 1.807) is 6.07 Å². The minimum absolute atomic E-state index is 0.146. The second-order valence-electron chi connectivity index (χ2n) is 4.83. The summed E-state index contributed by atoms with van der Waals surface area (Å²) in [6.45, 7) is 1.99. The molecule has 0 saturated carbocycles. The number of nitrogens with one attached hydrogen (secondary N) is 1. The molecule has 3 rings (SSSR count). The molecule has 0 spiro atoms. The van der Waals surface area contributed by atoms with Crippen LogP contribution < -0.4 is 5.32 Å². The van der Waals surface area contributed by atoms with E-state index in [0.717, 1.165) is 27.6 Å². The maximum atomic E-state index is 9.57. The van der Waals surface area contributed by atoms with Crippen molar-refractivity contribution < 1.29 is 10.2 Å². The molecule has 3 aromatic rings. The standard InChI is InChI=1S/C16H13ClN2O2S/c1-9-2-4-11(17)7-12(9)18-16-19-13(8-22-16)10-3-5-14(20)15(21)6-10/h2-8,20-21H,1H3,(H,18,19). The van der Waals surface area contributed by atoms with Crippen LogP contribution in [0.15, 0.2) is 41.8 Å². The van der Waals surface area contributed by atoms with Gasteiger partial charge in [-0.3, -0.25) is 0 Å². The van der Waals surface area contributed by atoms with Crippen molar-refractivity contribution in [2.24, 2.45) is 0 Å². The van der Waals surface area contributed by atoms with E-state index in [0.29, 0.717) is 5.02 Å². The van der Waals surface area contributed by atoms with Gasteiger partial charge in [-0.25, -0.2) is 4.98 Å². The second kappa shape index (κ2) is 5.87. The van der Waals surface area contributed by atoms with Crippen LogP contribution in [0.4, 0.5) is 10.8 Å². The minimum atomic E-state index is -0.161. The Balaban J connectivity index is 1.87.